The van der Waals surface area contributed by atoms with Crippen molar-refractivity contribution >= 4 is 0 Å². The van der Waals surface area contributed by atoms with Crippen LogP contribution in [0.2, 0.25) is 0 Å². The van der Waals surface area contributed by atoms with Crippen LogP contribution in [-0.2, 0) is 4.84 Å². The normalized spacial score (nSPS) is 13.1. The molecule has 0 aromatic heterocycles. The van der Waals surface area contributed by atoms with Gasteiger partial charge in [-0.3, -0.25) is 4.84 Å². The van der Waals surface area contributed by atoms with Gasteiger partial charge in [-0.2, -0.15) is 18.4 Å². The van der Waals surface area contributed by atoms with Crippen molar-refractivity contribution in [1.29, 1.82) is 5.26 Å². The highest BCUT2D eigenvalue weighted by atomic mass is 19.4. The van der Waals surface area contributed by atoms with Crippen molar-refractivity contribution in [3.8, 4) is 6.07 Å². The van der Waals surface area contributed by atoms with E-state index in [0.717, 1.165) is 5.56 Å². The number of hydrogen-bond donors (Lipinski definition) is 1. The molecule has 1 atom stereocenters. The van der Waals surface area contributed by atoms with Gasteiger partial charge < -0.3 is 0 Å². The van der Waals surface area contributed by atoms with Crippen LogP contribution in [0.25, 0.3) is 0 Å². The predicted octanol–water partition coefficient (Wildman–Crippen LogP) is 2.38. The molecule has 1 rings (SSSR count). The lowest BCUT2D eigenvalue weighted by Gasteiger charge is -2.12. The molecular weight excluding hydrogens is 233 g/mol. The molecule has 0 saturated carbocycles. The molecule has 0 aliphatic heterocycles. The average molecular weight is 244 g/mol. The van der Waals surface area contributed by atoms with Crippen LogP contribution in [-0.4, -0.2) is 19.3 Å². The first-order valence-corrected chi connectivity index (χ1v) is 4.89. The molecule has 0 amide bonds. The van der Waals surface area contributed by atoms with Crippen molar-refractivity contribution in [2.75, 3.05) is 13.2 Å². The van der Waals surface area contributed by atoms with Gasteiger partial charge in [-0.05, 0) is 5.56 Å². The number of halogens is 3. The predicted molar refractivity (Wildman–Crippen MR) is 54.8 cm³/mol. The summed E-state index contributed by atoms with van der Waals surface area (Å²) < 4.78 is 35.3. The molecule has 0 bridgehead atoms. The van der Waals surface area contributed by atoms with Crippen LogP contribution in [0.3, 0.4) is 0 Å². The number of nitrogens with zero attached hydrogens (tertiary/aromatic N) is 1. The Balaban J connectivity index is 2.37. The zero-order valence-electron chi connectivity index (χ0n) is 8.87. The largest absolute Gasteiger partial charge is 0.413 e. The van der Waals surface area contributed by atoms with E-state index in [9.17, 15) is 13.2 Å². The van der Waals surface area contributed by atoms with Crippen LogP contribution in [0.15, 0.2) is 30.3 Å². The molecule has 0 aliphatic rings. The highest BCUT2D eigenvalue weighted by Gasteiger charge is 2.27. The minimum Gasteiger partial charge on any atom is -0.292 e. The van der Waals surface area contributed by atoms with E-state index >= 15 is 0 Å². The Morgan fingerprint density at radius 3 is 2.47 bits per heavy atom. The second kappa shape index (κ2) is 6.23. The Kier molecular flexibility index (Phi) is 4.94. The molecule has 1 N–H and O–H groups in total. The monoisotopic (exact) mass is 244 g/mol. The molecule has 92 valence electrons. The second-order valence-corrected chi connectivity index (χ2v) is 3.34. The van der Waals surface area contributed by atoms with Gasteiger partial charge in [0.05, 0.1) is 12.0 Å². The van der Waals surface area contributed by atoms with Gasteiger partial charge in [0.15, 0.2) is 6.61 Å². The van der Waals surface area contributed by atoms with Gasteiger partial charge in [-0.25, -0.2) is 5.48 Å². The van der Waals surface area contributed by atoms with Gasteiger partial charge in [0.2, 0.25) is 0 Å². The zero-order valence-corrected chi connectivity index (χ0v) is 8.87. The lowest BCUT2D eigenvalue weighted by molar-refractivity contribution is -0.189. The average Bonchev–Trinajstić information content (AvgIpc) is 2.29. The Labute approximate surface area is 96.8 Å². The summed E-state index contributed by atoms with van der Waals surface area (Å²) in [7, 11) is 0. The van der Waals surface area contributed by atoms with E-state index in [-0.39, 0.29) is 6.54 Å². The third-order valence-electron chi connectivity index (χ3n) is 1.98. The van der Waals surface area contributed by atoms with E-state index in [1.807, 2.05) is 6.07 Å². The van der Waals surface area contributed by atoms with Gasteiger partial charge in [-0.15, -0.1) is 0 Å². The van der Waals surface area contributed by atoms with E-state index in [1.54, 1.807) is 30.3 Å². The molecule has 0 fully saturated rings. The Morgan fingerprint density at radius 1 is 1.29 bits per heavy atom. The third kappa shape index (κ3) is 5.33. The van der Waals surface area contributed by atoms with E-state index < -0.39 is 18.7 Å². The quantitative estimate of drug-likeness (QED) is 0.639. The summed E-state index contributed by atoms with van der Waals surface area (Å²) in [5.74, 6) is -0.538. The molecule has 1 aromatic carbocycles. The molecule has 6 heteroatoms. The van der Waals surface area contributed by atoms with Crippen molar-refractivity contribution in [1.82, 2.24) is 5.48 Å². The SMILES string of the molecule is N#CC(CNOCC(F)(F)F)c1ccccc1. The summed E-state index contributed by atoms with van der Waals surface area (Å²) >= 11 is 0. The molecule has 0 saturated heterocycles. The Bertz CT molecular complexity index is 373. The van der Waals surface area contributed by atoms with Crippen LogP contribution < -0.4 is 5.48 Å². The van der Waals surface area contributed by atoms with E-state index in [2.05, 4.69) is 10.3 Å². The van der Waals surface area contributed by atoms with Crippen molar-refractivity contribution in [2.24, 2.45) is 0 Å². The van der Waals surface area contributed by atoms with Gasteiger partial charge in [-0.1, -0.05) is 30.3 Å². The van der Waals surface area contributed by atoms with Crippen LogP contribution in [0.5, 0.6) is 0 Å². The summed E-state index contributed by atoms with van der Waals surface area (Å²) in [6, 6.07) is 10.8. The molecular formula is C11H11F3N2O. The van der Waals surface area contributed by atoms with Crippen molar-refractivity contribution in [3.63, 3.8) is 0 Å². The second-order valence-electron chi connectivity index (χ2n) is 3.34. The van der Waals surface area contributed by atoms with Crippen LogP contribution >= 0.6 is 0 Å². The molecule has 0 spiro atoms. The van der Waals surface area contributed by atoms with E-state index in [1.165, 1.54) is 0 Å². The lowest BCUT2D eigenvalue weighted by atomic mass is 10.0. The smallest absolute Gasteiger partial charge is 0.292 e. The minimum absolute atomic E-state index is 0.0105. The highest BCUT2D eigenvalue weighted by Crippen LogP contribution is 2.15. The number of nitrogens with one attached hydrogen (secondary N) is 1. The topological polar surface area (TPSA) is 45.0 Å². The summed E-state index contributed by atoms with van der Waals surface area (Å²) in [6.45, 7) is -1.36. The Morgan fingerprint density at radius 2 is 1.94 bits per heavy atom. The van der Waals surface area contributed by atoms with Crippen molar-refractivity contribution in [3.05, 3.63) is 35.9 Å². The van der Waals surface area contributed by atoms with Crippen molar-refractivity contribution in [2.45, 2.75) is 12.1 Å². The molecule has 1 aromatic rings. The van der Waals surface area contributed by atoms with Crippen molar-refractivity contribution < 1.29 is 18.0 Å². The first kappa shape index (κ1) is 13.5. The standard InChI is InChI=1S/C11H11F3N2O/c12-11(13,14)8-17-16-7-10(6-15)9-4-2-1-3-5-9/h1-5,10,16H,7-8H2. The number of alkyl halides is 3. The number of nitriles is 1. The van der Waals surface area contributed by atoms with Crippen LogP contribution in [0.4, 0.5) is 13.2 Å². The van der Waals surface area contributed by atoms with Gasteiger partial charge in [0, 0.05) is 6.54 Å². The summed E-state index contributed by atoms with van der Waals surface area (Å²) in [5.41, 5.74) is 2.88. The molecule has 17 heavy (non-hydrogen) atoms. The van der Waals surface area contributed by atoms with Crippen LogP contribution in [0.1, 0.15) is 11.5 Å². The van der Waals surface area contributed by atoms with Gasteiger partial charge >= 0.3 is 6.18 Å². The maximum atomic E-state index is 11.8. The fourth-order valence-corrected chi connectivity index (χ4v) is 1.20. The van der Waals surface area contributed by atoms with Crippen LogP contribution in [0, 0.1) is 11.3 Å². The first-order valence-electron chi connectivity index (χ1n) is 4.89. The van der Waals surface area contributed by atoms with Gasteiger partial charge in [0.25, 0.3) is 0 Å². The summed E-state index contributed by atoms with van der Waals surface area (Å²) in [4.78, 5) is 4.23. The zero-order chi connectivity index (χ0) is 12.7. The third-order valence-corrected chi connectivity index (χ3v) is 1.98. The number of rotatable bonds is 5. The number of hydroxylamine groups is 1. The lowest BCUT2D eigenvalue weighted by Crippen LogP contribution is -2.27. The number of benzene rings is 1. The van der Waals surface area contributed by atoms with Gasteiger partial charge in [0.1, 0.15) is 0 Å². The van der Waals surface area contributed by atoms with E-state index in [4.69, 9.17) is 5.26 Å². The van der Waals surface area contributed by atoms with E-state index in [0.29, 0.717) is 0 Å². The summed E-state index contributed by atoms with van der Waals surface area (Å²) in [5, 5.41) is 8.87. The molecule has 3 nitrogen and oxygen atoms in total. The maximum absolute atomic E-state index is 11.8. The molecule has 0 radical (unpaired) electrons. The fraction of sp³-hybridized carbons (Fsp3) is 0.364. The maximum Gasteiger partial charge on any atom is 0.413 e. The Hall–Kier alpha value is -1.58. The number of hydrogen-bond acceptors (Lipinski definition) is 3. The summed E-state index contributed by atoms with van der Waals surface area (Å²) in [6.07, 6.45) is -4.37. The minimum atomic E-state index is -4.37. The first-order chi connectivity index (χ1) is 8.03. The highest BCUT2D eigenvalue weighted by molar-refractivity contribution is 5.24. The fourth-order valence-electron chi connectivity index (χ4n) is 1.20. The molecule has 0 heterocycles. The molecule has 0 aliphatic carbocycles. The molecule has 1 unspecified atom stereocenters.